The van der Waals surface area contributed by atoms with Gasteiger partial charge in [-0.05, 0) is 25.0 Å². The predicted molar refractivity (Wildman–Crippen MR) is 71.3 cm³/mol. The Bertz CT molecular complexity index is 425. The Morgan fingerprint density at radius 2 is 0.875 bits per heavy atom. The van der Waals surface area contributed by atoms with E-state index in [1.165, 1.54) is 22.3 Å². The second-order valence-electron chi connectivity index (χ2n) is 4.15. The Balaban J connectivity index is 2.15. The molecule has 80 valence electrons. The van der Waals surface area contributed by atoms with Crippen molar-refractivity contribution in [2.45, 2.75) is 13.8 Å². The van der Waals surface area contributed by atoms with Gasteiger partial charge in [0.25, 0.3) is 0 Å². The molecule has 0 saturated carbocycles. The highest BCUT2D eigenvalue weighted by Crippen LogP contribution is 2.10. The summed E-state index contributed by atoms with van der Waals surface area (Å²) in [7, 11) is 0. The Morgan fingerprint density at radius 1 is 0.562 bits per heavy atom. The Morgan fingerprint density at radius 3 is 1.19 bits per heavy atom. The topological polar surface area (TPSA) is 0 Å². The first-order valence-corrected chi connectivity index (χ1v) is 5.55. The molecule has 0 bridgehead atoms. The van der Waals surface area contributed by atoms with Gasteiger partial charge in [0, 0.05) is 0 Å². The maximum Gasteiger partial charge on any atom is -0.0256 e. The monoisotopic (exact) mass is 208 g/mol. The van der Waals surface area contributed by atoms with E-state index in [-0.39, 0.29) is 0 Å². The van der Waals surface area contributed by atoms with E-state index < -0.39 is 0 Å². The molecule has 0 aromatic heterocycles. The summed E-state index contributed by atoms with van der Waals surface area (Å²) in [5.41, 5.74) is 5.08. The van der Waals surface area contributed by atoms with Crippen LogP contribution in [0.15, 0.2) is 48.5 Å². The lowest BCUT2D eigenvalue weighted by molar-refractivity contribution is 1.46. The van der Waals surface area contributed by atoms with E-state index in [1.54, 1.807) is 0 Å². The average Bonchev–Trinajstić information content (AvgIpc) is 2.30. The molecule has 0 saturated heterocycles. The van der Waals surface area contributed by atoms with Gasteiger partial charge in [-0.3, -0.25) is 0 Å². The van der Waals surface area contributed by atoms with E-state index in [9.17, 15) is 0 Å². The second-order valence-corrected chi connectivity index (χ2v) is 4.15. The third-order valence-electron chi connectivity index (χ3n) is 2.62. The second kappa shape index (κ2) is 4.80. The largest absolute Gasteiger partial charge is 0.0587 e. The molecule has 16 heavy (non-hydrogen) atoms. The first kappa shape index (κ1) is 10.7. The van der Waals surface area contributed by atoms with Gasteiger partial charge in [-0.2, -0.15) is 0 Å². The van der Waals surface area contributed by atoms with Crippen molar-refractivity contribution >= 4 is 12.2 Å². The van der Waals surface area contributed by atoms with Crippen LogP contribution in [0.4, 0.5) is 0 Å². The molecule has 0 heterocycles. The first-order chi connectivity index (χ1) is 7.74. The number of hydrogen-bond acceptors (Lipinski definition) is 0. The molecular weight excluding hydrogens is 192 g/mol. The van der Waals surface area contributed by atoms with Crippen molar-refractivity contribution in [3.05, 3.63) is 70.8 Å². The summed E-state index contributed by atoms with van der Waals surface area (Å²) in [5, 5.41) is 0. The van der Waals surface area contributed by atoms with E-state index in [4.69, 9.17) is 0 Å². The average molecular weight is 208 g/mol. The van der Waals surface area contributed by atoms with Crippen molar-refractivity contribution in [1.29, 1.82) is 0 Å². The summed E-state index contributed by atoms with van der Waals surface area (Å²) in [6.45, 7) is 4.21. The molecule has 0 heteroatoms. The molecule has 2 rings (SSSR count). The summed E-state index contributed by atoms with van der Waals surface area (Å²) in [4.78, 5) is 0. The smallest absolute Gasteiger partial charge is 0.0256 e. The van der Waals surface area contributed by atoms with Gasteiger partial charge >= 0.3 is 0 Å². The van der Waals surface area contributed by atoms with Gasteiger partial charge in [-0.15, -0.1) is 0 Å². The van der Waals surface area contributed by atoms with Crippen molar-refractivity contribution < 1.29 is 0 Å². The molecule has 0 aliphatic carbocycles. The van der Waals surface area contributed by atoms with Gasteiger partial charge in [0.1, 0.15) is 0 Å². The maximum absolute atomic E-state index is 2.14. The summed E-state index contributed by atoms with van der Waals surface area (Å²) in [6, 6.07) is 17.1. The van der Waals surface area contributed by atoms with Gasteiger partial charge in [-0.1, -0.05) is 71.8 Å². The highest BCUT2D eigenvalue weighted by atomic mass is 13.9. The van der Waals surface area contributed by atoms with Gasteiger partial charge in [0.2, 0.25) is 0 Å². The minimum absolute atomic E-state index is 1.24. The van der Waals surface area contributed by atoms with Crippen LogP contribution in [0.1, 0.15) is 22.3 Å². The zero-order chi connectivity index (χ0) is 11.4. The fourth-order valence-electron chi connectivity index (χ4n) is 1.55. The molecule has 2 aromatic carbocycles. The molecule has 0 N–H and O–H groups in total. The third-order valence-corrected chi connectivity index (χ3v) is 2.62. The summed E-state index contributed by atoms with van der Waals surface area (Å²) >= 11 is 0. The predicted octanol–water partition coefficient (Wildman–Crippen LogP) is 4.47. The number of benzene rings is 2. The van der Waals surface area contributed by atoms with Crippen LogP contribution in [-0.2, 0) is 0 Å². The Kier molecular flexibility index (Phi) is 3.21. The lowest BCUT2D eigenvalue weighted by atomic mass is 10.1. The number of aryl methyl sites for hydroxylation is 2. The SMILES string of the molecule is Cc1ccc(/C=C/c2ccc(C)cc2)cc1. The van der Waals surface area contributed by atoms with E-state index in [1.807, 2.05) is 0 Å². The summed E-state index contributed by atoms with van der Waals surface area (Å²) in [5.74, 6) is 0. The van der Waals surface area contributed by atoms with E-state index in [0.717, 1.165) is 0 Å². The molecule has 0 atom stereocenters. The third kappa shape index (κ3) is 2.83. The highest BCUT2D eigenvalue weighted by molar-refractivity contribution is 5.69. The van der Waals surface area contributed by atoms with Gasteiger partial charge in [0.15, 0.2) is 0 Å². The minimum Gasteiger partial charge on any atom is -0.0587 e. The van der Waals surface area contributed by atoms with Gasteiger partial charge in [-0.25, -0.2) is 0 Å². The molecular formula is C16H16. The normalized spacial score (nSPS) is 10.9. The van der Waals surface area contributed by atoms with E-state index in [2.05, 4.69) is 74.5 Å². The van der Waals surface area contributed by atoms with Gasteiger partial charge < -0.3 is 0 Å². The zero-order valence-corrected chi connectivity index (χ0v) is 9.77. The summed E-state index contributed by atoms with van der Waals surface area (Å²) < 4.78 is 0. The van der Waals surface area contributed by atoms with Crippen LogP contribution < -0.4 is 0 Å². The lowest BCUT2D eigenvalue weighted by Crippen LogP contribution is -1.75. The molecule has 0 nitrogen and oxygen atoms in total. The minimum atomic E-state index is 1.24. The van der Waals surface area contributed by atoms with Crippen LogP contribution in [0.25, 0.3) is 12.2 Å². The Hall–Kier alpha value is -1.82. The van der Waals surface area contributed by atoms with Crippen molar-refractivity contribution in [2.75, 3.05) is 0 Å². The van der Waals surface area contributed by atoms with E-state index >= 15 is 0 Å². The fourth-order valence-corrected chi connectivity index (χ4v) is 1.55. The van der Waals surface area contributed by atoms with Crippen LogP contribution in [-0.4, -0.2) is 0 Å². The highest BCUT2D eigenvalue weighted by Gasteiger charge is 1.88. The van der Waals surface area contributed by atoms with Crippen LogP contribution in [0, 0.1) is 13.8 Å². The van der Waals surface area contributed by atoms with Gasteiger partial charge in [0.05, 0.1) is 0 Å². The van der Waals surface area contributed by atoms with Crippen LogP contribution in [0.3, 0.4) is 0 Å². The fraction of sp³-hybridized carbons (Fsp3) is 0.125. The van der Waals surface area contributed by atoms with E-state index in [0.29, 0.717) is 0 Å². The molecule has 0 radical (unpaired) electrons. The number of rotatable bonds is 2. The van der Waals surface area contributed by atoms with Crippen LogP contribution in [0.5, 0.6) is 0 Å². The molecule has 2 aromatic rings. The molecule has 0 aliphatic rings. The van der Waals surface area contributed by atoms with Crippen molar-refractivity contribution in [3.63, 3.8) is 0 Å². The molecule has 0 fully saturated rings. The van der Waals surface area contributed by atoms with Crippen LogP contribution in [0.2, 0.25) is 0 Å². The molecule has 0 spiro atoms. The van der Waals surface area contributed by atoms with Crippen LogP contribution >= 0.6 is 0 Å². The molecule has 0 amide bonds. The summed E-state index contributed by atoms with van der Waals surface area (Å²) in [6.07, 6.45) is 4.29. The molecule has 0 aliphatic heterocycles. The Labute approximate surface area is 97.3 Å². The number of hydrogen-bond donors (Lipinski definition) is 0. The quantitative estimate of drug-likeness (QED) is 0.638. The zero-order valence-electron chi connectivity index (χ0n) is 9.77. The standard InChI is InChI=1S/C16H16/c1-13-3-7-15(8-4-13)11-12-16-9-5-14(2)6-10-16/h3-12H,1-2H3/b12-11+. The van der Waals surface area contributed by atoms with Crippen molar-refractivity contribution in [3.8, 4) is 0 Å². The van der Waals surface area contributed by atoms with Crippen molar-refractivity contribution in [1.82, 2.24) is 0 Å². The maximum atomic E-state index is 2.14. The molecule has 0 unspecified atom stereocenters. The lowest BCUT2D eigenvalue weighted by Gasteiger charge is -1.96. The van der Waals surface area contributed by atoms with Crippen molar-refractivity contribution in [2.24, 2.45) is 0 Å². The first-order valence-electron chi connectivity index (χ1n) is 5.55.